The van der Waals surface area contributed by atoms with E-state index in [0.29, 0.717) is 13.0 Å². The number of rotatable bonds is 6. The van der Waals surface area contributed by atoms with E-state index in [4.69, 9.17) is 0 Å². The number of pyridine rings is 1. The lowest BCUT2D eigenvalue weighted by Crippen LogP contribution is -2.31. The molecule has 0 aliphatic rings. The molecule has 122 valence electrons. The Hall–Kier alpha value is -2.57. The third kappa shape index (κ3) is 5.61. The van der Waals surface area contributed by atoms with E-state index < -0.39 is 11.7 Å². The first-order valence-electron chi connectivity index (χ1n) is 7.03. The van der Waals surface area contributed by atoms with Gasteiger partial charge in [-0.15, -0.1) is 0 Å². The minimum atomic E-state index is -4.42. The van der Waals surface area contributed by atoms with Gasteiger partial charge >= 0.3 is 6.18 Å². The van der Waals surface area contributed by atoms with Crippen molar-refractivity contribution in [2.75, 3.05) is 18.4 Å². The van der Waals surface area contributed by atoms with Crippen molar-refractivity contribution in [3.8, 4) is 0 Å². The summed E-state index contributed by atoms with van der Waals surface area (Å²) in [5.41, 5.74) is 0.292. The van der Waals surface area contributed by atoms with Crippen molar-refractivity contribution in [3.05, 3.63) is 59.8 Å². The Morgan fingerprint density at radius 3 is 2.43 bits per heavy atom. The van der Waals surface area contributed by atoms with Crippen LogP contribution < -0.4 is 10.6 Å². The fraction of sp³-hybridized carbons (Fsp3) is 0.250. The number of halogens is 3. The highest BCUT2D eigenvalue weighted by Crippen LogP contribution is 2.28. The minimum Gasteiger partial charge on any atom is -0.361 e. The Labute approximate surface area is 131 Å². The van der Waals surface area contributed by atoms with Crippen LogP contribution in [0.1, 0.15) is 11.1 Å². The maximum absolute atomic E-state index is 12.4. The van der Waals surface area contributed by atoms with Crippen molar-refractivity contribution in [2.24, 2.45) is 0 Å². The first-order chi connectivity index (χ1) is 10.9. The second-order valence-electron chi connectivity index (χ2n) is 4.87. The molecule has 0 fully saturated rings. The number of nitrogens with one attached hydrogen (secondary N) is 2. The fourth-order valence-electron chi connectivity index (χ4n) is 1.89. The molecular formula is C16H16F3N3O. The molecule has 7 heteroatoms. The lowest BCUT2D eigenvalue weighted by Gasteiger charge is -2.09. The molecule has 2 aromatic rings. The SMILES string of the molecule is O=C(CNc1ccc(C(F)(F)F)cn1)NCCc1ccccc1. The molecule has 0 aliphatic carbocycles. The van der Waals surface area contributed by atoms with Gasteiger partial charge in [-0.2, -0.15) is 13.2 Å². The Morgan fingerprint density at radius 2 is 1.83 bits per heavy atom. The van der Waals surface area contributed by atoms with E-state index >= 15 is 0 Å². The van der Waals surface area contributed by atoms with Crippen LogP contribution in [0.2, 0.25) is 0 Å². The van der Waals surface area contributed by atoms with E-state index in [1.165, 1.54) is 6.07 Å². The summed E-state index contributed by atoms with van der Waals surface area (Å²) in [7, 11) is 0. The molecule has 1 aromatic heterocycles. The van der Waals surface area contributed by atoms with E-state index in [1.807, 2.05) is 30.3 Å². The van der Waals surface area contributed by atoms with E-state index in [9.17, 15) is 18.0 Å². The number of anilines is 1. The van der Waals surface area contributed by atoms with Gasteiger partial charge in [0.2, 0.25) is 5.91 Å². The van der Waals surface area contributed by atoms with Crippen LogP contribution in [0.25, 0.3) is 0 Å². The maximum atomic E-state index is 12.4. The molecule has 0 atom stereocenters. The average molecular weight is 323 g/mol. The van der Waals surface area contributed by atoms with Gasteiger partial charge in [0.25, 0.3) is 0 Å². The highest BCUT2D eigenvalue weighted by Gasteiger charge is 2.30. The Kier molecular flexibility index (Phi) is 5.56. The highest BCUT2D eigenvalue weighted by atomic mass is 19.4. The fourth-order valence-corrected chi connectivity index (χ4v) is 1.89. The predicted molar refractivity (Wildman–Crippen MR) is 80.9 cm³/mol. The third-order valence-electron chi connectivity index (χ3n) is 3.10. The number of alkyl halides is 3. The van der Waals surface area contributed by atoms with Crippen LogP contribution in [0.5, 0.6) is 0 Å². The summed E-state index contributed by atoms with van der Waals surface area (Å²) in [6.07, 6.45) is -2.97. The van der Waals surface area contributed by atoms with Crippen LogP contribution in [0.4, 0.5) is 19.0 Å². The molecule has 0 spiro atoms. The Balaban J connectivity index is 1.72. The van der Waals surface area contributed by atoms with Gasteiger partial charge in [0.1, 0.15) is 5.82 Å². The van der Waals surface area contributed by atoms with Gasteiger partial charge < -0.3 is 10.6 Å². The number of carbonyl (C=O) groups excluding carboxylic acids is 1. The lowest BCUT2D eigenvalue weighted by atomic mass is 10.1. The zero-order chi connectivity index (χ0) is 16.7. The van der Waals surface area contributed by atoms with Crippen LogP contribution in [0, 0.1) is 0 Å². The summed E-state index contributed by atoms with van der Waals surface area (Å²) < 4.78 is 37.2. The van der Waals surface area contributed by atoms with E-state index in [0.717, 1.165) is 17.8 Å². The molecule has 2 rings (SSSR count). The van der Waals surface area contributed by atoms with Gasteiger partial charge in [0, 0.05) is 12.7 Å². The largest absolute Gasteiger partial charge is 0.417 e. The Bertz CT molecular complexity index is 627. The number of amides is 1. The van der Waals surface area contributed by atoms with Gasteiger partial charge in [0.05, 0.1) is 12.1 Å². The summed E-state index contributed by atoms with van der Waals surface area (Å²) >= 11 is 0. The number of benzene rings is 1. The molecule has 0 aliphatic heterocycles. The standard InChI is InChI=1S/C16H16F3N3O/c17-16(18,19)13-6-7-14(21-10-13)22-11-15(23)20-9-8-12-4-2-1-3-5-12/h1-7,10H,8-9,11H2,(H,20,23)(H,21,22). The van der Waals surface area contributed by atoms with Crippen LogP contribution in [-0.4, -0.2) is 24.0 Å². The van der Waals surface area contributed by atoms with Gasteiger partial charge in [-0.3, -0.25) is 4.79 Å². The summed E-state index contributed by atoms with van der Waals surface area (Å²) in [5.74, 6) is -0.0289. The molecule has 4 nitrogen and oxygen atoms in total. The zero-order valence-corrected chi connectivity index (χ0v) is 12.2. The van der Waals surface area contributed by atoms with E-state index in [2.05, 4.69) is 15.6 Å². The van der Waals surface area contributed by atoms with Crippen molar-refractivity contribution >= 4 is 11.7 Å². The number of hydrogen-bond acceptors (Lipinski definition) is 3. The third-order valence-corrected chi connectivity index (χ3v) is 3.10. The van der Waals surface area contributed by atoms with Gasteiger partial charge in [-0.05, 0) is 24.1 Å². The summed E-state index contributed by atoms with van der Waals surface area (Å²) in [5, 5.41) is 5.41. The zero-order valence-electron chi connectivity index (χ0n) is 12.2. The highest BCUT2D eigenvalue weighted by molar-refractivity contribution is 5.80. The second-order valence-corrected chi connectivity index (χ2v) is 4.87. The predicted octanol–water partition coefficient (Wildman–Crippen LogP) is 2.87. The molecule has 0 radical (unpaired) electrons. The molecule has 0 unspecified atom stereocenters. The first kappa shape index (κ1) is 16.8. The van der Waals surface area contributed by atoms with Crippen molar-refractivity contribution in [2.45, 2.75) is 12.6 Å². The summed E-state index contributed by atoms with van der Waals surface area (Å²) in [4.78, 5) is 15.3. The molecule has 0 bridgehead atoms. The average Bonchev–Trinajstić information content (AvgIpc) is 2.53. The topological polar surface area (TPSA) is 54.0 Å². The molecule has 1 heterocycles. The van der Waals surface area contributed by atoms with Crippen molar-refractivity contribution < 1.29 is 18.0 Å². The molecule has 0 saturated heterocycles. The molecule has 0 saturated carbocycles. The van der Waals surface area contributed by atoms with Crippen LogP contribution in [-0.2, 0) is 17.4 Å². The molecule has 1 aromatic carbocycles. The molecule has 1 amide bonds. The van der Waals surface area contributed by atoms with E-state index in [-0.39, 0.29) is 18.3 Å². The van der Waals surface area contributed by atoms with Crippen molar-refractivity contribution in [3.63, 3.8) is 0 Å². The number of nitrogens with zero attached hydrogens (tertiary/aromatic N) is 1. The van der Waals surface area contributed by atoms with Gasteiger partial charge in [0.15, 0.2) is 0 Å². The second kappa shape index (κ2) is 7.62. The molecular weight excluding hydrogens is 307 g/mol. The van der Waals surface area contributed by atoms with Crippen LogP contribution in [0.15, 0.2) is 48.7 Å². The van der Waals surface area contributed by atoms with Gasteiger partial charge in [-0.25, -0.2) is 4.98 Å². The smallest absolute Gasteiger partial charge is 0.361 e. The molecule has 2 N–H and O–H groups in total. The number of aromatic nitrogens is 1. The maximum Gasteiger partial charge on any atom is 0.417 e. The van der Waals surface area contributed by atoms with Crippen LogP contribution >= 0.6 is 0 Å². The molecule has 23 heavy (non-hydrogen) atoms. The van der Waals surface area contributed by atoms with E-state index in [1.54, 1.807) is 0 Å². The number of hydrogen-bond donors (Lipinski definition) is 2. The summed E-state index contributed by atoms with van der Waals surface area (Å²) in [6.45, 7) is 0.443. The lowest BCUT2D eigenvalue weighted by molar-refractivity contribution is -0.137. The van der Waals surface area contributed by atoms with Crippen molar-refractivity contribution in [1.29, 1.82) is 0 Å². The number of carbonyl (C=O) groups is 1. The quantitative estimate of drug-likeness (QED) is 0.859. The van der Waals surface area contributed by atoms with Crippen LogP contribution in [0.3, 0.4) is 0 Å². The monoisotopic (exact) mass is 323 g/mol. The first-order valence-corrected chi connectivity index (χ1v) is 7.03. The Morgan fingerprint density at radius 1 is 1.09 bits per heavy atom. The van der Waals surface area contributed by atoms with Gasteiger partial charge in [-0.1, -0.05) is 30.3 Å². The van der Waals surface area contributed by atoms with Crippen molar-refractivity contribution in [1.82, 2.24) is 10.3 Å². The minimum absolute atomic E-state index is 0.0485. The summed E-state index contributed by atoms with van der Waals surface area (Å²) in [6, 6.07) is 11.8. The normalized spacial score (nSPS) is 11.1.